The molecule has 0 aromatic heterocycles. The van der Waals surface area contributed by atoms with Crippen molar-refractivity contribution in [3.05, 3.63) is 47.1 Å². The van der Waals surface area contributed by atoms with Crippen molar-refractivity contribution in [3.63, 3.8) is 0 Å². The van der Waals surface area contributed by atoms with E-state index in [-0.39, 0.29) is 29.8 Å². The summed E-state index contributed by atoms with van der Waals surface area (Å²) in [5.74, 6) is 1.31. The maximum Gasteiger partial charge on any atom is 0.247 e. The van der Waals surface area contributed by atoms with Crippen LogP contribution in [0.2, 0.25) is 0 Å². The summed E-state index contributed by atoms with van der Waals surface area (Å²) in [4.78, 5) is 15.5. The molecular formula is C27H34N2O4. The second-order valence-corrected chi connectivity index (χ2v) is 10.8. The fourth-order valence-electron chi connectivity index (χ4n) is 7.23. The highest BCUT2D eigenvalue weighted by Crippen LogP contribution is 2.65. The van der Waals surface area contributed by atoms with Crippen molar-refractivity contribution in [1.29, 1.82) is 0 Å². The summed E-state index contributed by atoms with van der Waals surface area (Å²) in [7, 11) is 0. The Bertz CT molecular complexity index is 1060. The van der Waals surface area contributed by atoms with Crippen LogP contribution in [0, 0.1) is 5.92 Å². The third kappa shape index (κ3) is 2.89. The number of hydrogen-bond donors (Lipinski definition) is 3. The molecule has 1 aromatic carbocycles. The van der Waals surface area contributed by atoms with Crippen molar-refractivity contribution in [3.8, 4) is 11.5 Å². The van der Waals surface area contributed by atoms with Crippen molar-refractivity contribution in [2.75, 3.05) is 13.1 Å². The molecule has 6 rings (SSSR count). The van der Waals surface area contributed by atoms with Crippen LogP contribution in [-0.2, 0) is 16.6 Å². The Labute approximate surface area is 195 Å². The average molecular weight is 451 g/mol. The molecule has 6 nitrogen and oxygen atoms in total. The van der Waals surface area contributed by atoms with Gasteiger partial charge in [-0.25, -0.2) is 0 Å². The predicted octanol–water partition coefficient (Wildman–Crippen LogP) is 2.96. The van der Waals surface area contributed by atoms with E-state index in [0.29, 0.717) is 24.2 Å². The first-order valence-corrected chi connectivity index (χ1v) is 12.5. The maximum absolute atomic E-state index is 13.0. The molecular weight excluding hydrogens is 416 g/mol. The van der Waals surface area contributed by atoms with Crippen LogP contribution in [0.3, 0.4) is 0 Å². The number of phenols is 1. The molecule has 3 aliphatic carbocycles. The number of carbonyl (C=O) groups excluding carboxylic acids is 1. The highest BCUT2D eigenvalue weighted by Gasteiger charge is 2.73. The molecule has 0 radical (unpaired) electrons. The largest absolute Gasteiger partial charge is 0.504 e. The molecule has 2 heterocycles. The molecule has 2 bridgehead atoms. The van der Waals surface area contributed by atoms with Crippen LogP contribution >= 0.6 is 0 Å². The minimum absolute atomic E-state index is 0.0499. The molecule has 2 aliphatic heterocycles. The number of ether oxygens (including phenoxy) is 1. The van der Waals surface area contributed by atoms with E-state index in [1.807, 2.05) is 38.1 Å². The SMILES string of the molecule is C/C=C/C=C(\C)C(=O)N[C@H]1CC[C@@]2(O)[C@H]3Cc4ccc(O)c5c4[C@@]2(CCN3CC2CC2)[C@H]1O5. The average Bonchev–Trinajstić information content (AvgIpc) is 3.54. The van der Waals surface area contributed by atoms with Gasteiger partial charge in [0.15, 0.2) is 11.5 Å². The van der Waals surface area contributed by atoms with Crippen LogP contribution in [0.15, 0.2) is 35.9 Å². The van der Waals surface area contributed by atoms with Gasteiger partial charge in [0.2, 0.25) is 5.91 Å². The molecule has 176 valence electrons. The molecule has 2 saturated carbocycles. The third-order valence-electron chi connectivity index (χ3n) is 8.98. The Balaban J connectivity index is 1.41. The first-order valence-electron chi connectivity index (χ1n) is 12.5. The van der Waals surface area contributed by atoms with E-state index in [1.165, 1.54) is 18.4 Å². The van der Waals surface area contributed by atoms with Gasteiger partial charge in [-0.2, -0.15) is 0 Å². The zero-order valence-corrected chi connectivity index (χ0v) is 19.5. The van der Waals surface area contributed by atoms with Gasteiger partial charge in [0.05, 0.1) is 17.1 Å². The lowest BCUT2D eigenvalue weighted by Gasteiger charge is -2.64. The van der Waals surface area contributed by atoms with E-state index in [2.05, 4.69) is 10.2 Å². The number of benzene rings is 1. The molecule has 5 atom stereocenters. The summed E-state index contributed by atoms with van der Waals surface area (Å²) in [6.07, 6.45) is 10.6. The first-order chi connectivity index (χ1) is 15.9. The van der Waals surface area contributed by atoms with Crippen LogP contribution in [-0.4, -0.2) is 57.9 Å². The molecule has 6 heteroatoms. The summed E-state index contributed by atoms with van der Waals surface area (Å²) in [6, 6.07) is 3.57. The zero-order chi connectivity index (χ0) is 23.0. The molecule has 3 N–H and O–H groups in total. The molecule has 5 aliphatic rings. The highest BCUT2D eigenvalue weighted by atomic mass is 16.5. The van der Waals surface area contributed by atoms with Crippen molar-refractivity contribution < 1.29 is 19.7 Å². The Morgan fingerprint density at radius 3 is 2.88 bits per heavy atom. The predicted molar refractivity (Wildman–Crippen MR) is 125 cm³/mol. The number of allylic oxidation sites excluding steroid dienone is 3. The summed E-state index contributed by atoms with van der Waals surface area (Å²) < 4.78 is 6.50. The second-order valence-electron chi connectivity index (χ2n) is 10.8. The molecule has 33 heavy (non-hydrogen) atoms. The Hall–Kier alpha value is -2.31. The Kier molecular flexibility index (Phi) is 4.73. The number of aliphatic hydroxyl groups is 1. The lowest BCUT2D eigenvalue weighted by atomic mass is 9.48. The second kappa shape index (κ2) is 7.34. The monoisotopic (exact) mass is 450 g/mol. The Morgan fingerprint density at radius 2 is 2.12 bits per heavy atom. The molecule has 1 spiro atoms. The van der Waals surface area contributed by atoms with Crippen molar-refractivity contribution >= 4 is 5.91 Å². The van der Waals surface area contributed by atoms with Crippen LogP contribution in [0.5, 0.6) is 11.5 Å². The van der Waals surface area contributed by atoms with Crippen LogP contribution in [0.25, 0.3) is 0 Å². The van der Waals surface area contributed by atoms with Gasteiger partial charge >= 0.3 is 0 Å². The van der Waals surface area contributed by atoms with E-state index >= 15 is 0 Å². The van der Waals surface area contributed by atoms with Crippen molar-refractivity contribution in [2.24, 2.45) is 5.92 Å². The molecule has 1 aromatic rings. The minimum atomic E-state index is -0.923. The quantitative estimate of drug-likeness (QED) is 0.475. The van der Waals surface area contributed by atoms with E-state index in [0.717, 1.165) is 37.4 Å². The molecule has 1 saturated heterocycles. The molecule has 0 unspecified atom stereocenters. The van der Waals surface area contributed by atoms with Gasteiger partial charge in [-0.3, -0.25) is 9.69 Å². The standard InChI is InChI=1S/C27H34N2O4/c1-3-4-5-16(2)25(31)28-19-10-11-27(32)21-14-18-8-9-20(30)23-22(18)26(27,24(19)33-23)12-13-29(21)15-17-6-7-17/h3-5,8-9,17,19,21,24,30,32H,6-7,10-15H2,1-2H3,(H,28,31)/b4-3+,16-5+/t19-,21+,24-,26-,27+/m0/s1. The van der Waals surface area contributed by atoms with E-state index in [1.54, 1.807) is 6.07 Å². The van der Waals surface area contributed by atoms with Crippen molar-refractivity contribution in [1.82, 2.24) is 10.2 Å². The van der Waals surface area contributed by atoms with Crippen molar-refractivity contribution in [2.45, 2.75) is 81.6 Å². The van der Waals surface area contributed by atoms with Gasteiger partial charge in [-0.15, -0.1) is 0 Å². The lowest BCUT2D eigenvalue weighted by molar-refractivity contribution is -0.192. The van der Waals surface area contributed by atoms with E-state index in [9.17, 15) is 15.0 Å². The minimum Gasteiger partial charge on any atom is -0.504 e. The van der Waals surface area contributed by atoms with Gasteiger partial charge in [0.1, 0.15) is 6.10 Å². The normalized spacial score (nSPS) is 37.1. The first kappa shape index (κ1) is 21.2. The highest BCUT2D eigenvalue weighted by molar-refractivity contribution is 5.93. The third-order valence-corrected chi connectivity index (χ3v) is 8.98. The number of piperidine rings is 1. The lowest BCUT2D eigenvalue weighted by Crippen LogP contribution is -2.78. The van der Waals surface area contributed by atoms with Crippen LogP contribution < -0.4 is 10.1 Å². The number of nitrogens with one attached hydrogen (secondary N) is 1. The van der Waals surface area contributed by atoms with Crippen LogP contribution in [0.1, 0.15) is 57.1 Å². The zero-order valence-electron chi connectivity index (χ0n) is 19.5. The number of hydrogen-bond acceptors (Lipinski definition) is 5. The number of nitrogens with zero attached hydrogens (tertiary/aromatic N) is 1. The number of likely N-dealkylation sites (tertiary alicyclic amines) is 1. The number of carbonyl (C=O) groups is 1. The van der Waals surface area contributed by atoms with Gasteiger partial charge in [-0.05, 0) is 76.5 Å². The number of rotatable bonds is 5. The van der Waals surface area contributed by atoms with Crippen LogP contribution in [0.4, 0.5) is 0 Å². The summed E-state index contributed by atoms with van der Waals surface area (Å²) in [5.41, 5.74) is 1.30. The summed E-state index contributed by atoms with van der Waals surface area (Å²) in [5, 5.41) is 26.4. The van der Waals surface area contributed by atoms with E-state index < -0.39 is 11.0 Å². The summed E-state index contributed by atoms with van der Waals surface area (Å²) in [6.45, 7) is 5.71. The number of aromatic hydroxyl groups is 1. The smallest absolute Gasteiger partial charge is 0.247 e. The fraction of sp³-hybridized carbons (Fsp3) is 0.593. The Morgan fingerprint density at radius 1 is 1.30 bits per heavy atom. The van der Waals surface area contributed by atoms with Gasteiger partial charge in [-0.1, -0.05) is 24.3 Å². The van der Waals surface area contributed by atoms with Gasteiger partial charge in [0, 0.05) is 23.7 Å². The number of amides is 1. The molecule has 1 amide bonds. The molecule has 3 fully saturated rings. The number of phenolic OH excluding ortho intramolecular Hbond substituents is 1. The van der Waals surface area contributed by atoms with Gasteiger partial charge < -0.3 is 20.3 Å². The maximum atomic E-state index is 13.0. The van der Waals surface area contributed by atoms with Gasteiger partial charge in [0.25, 0.3) is 0 Å². The summed E-state index contributed by atoms with van der Waals surface area (Å²) >= 11 is 0. The topological polar surface area (TPSA) is 82.0 Å². The fourth-order valence-corrected chi connectivity index (χ4v) is 7.23. The van der Waals surface area contributed by atoms with E-state index in [4.69, 9.17) is 4.74 Å².